The van der Waals surface area contributed by atoms with Gasteiger partial charge in [-0.15, -0.1) is 0 Å². The van der Waals surface area contributed by atoms with Gasteiger partial charge in [-0.2, -0.15) is 10.2 Å². The molecule has 0 unspecified atom stereocenters. The van der Waals surface area contributed by atoms with Crippen LogP contribution in [-0.2, 0) is 0 Å². The Morgan fingerprint density at radius 3 is 2.60 bits per heavy atom. The molecule has 2 nitrogen and oxygen atoms in total. The summed E-state index contributed by atoms with van der Waals surface area (Å²) >= 11 is 0. The molecule has 1 aromatic rings. The molecular weight excluding hydrogens is 184 g/mol. The summed E-state index contributed by atoms with van der Waals surface area (Å²) in [6, 6.07) is 9.74. The van der Waals surface area contributed by atoms with E-state index in [0.29, 0.717) is 0 Å². The Hall–Kier alpha value is -1.70. The van der Waals surface area contributed by atoms with Crippen molar-refractivity contribution >= 4 is 5.69 Å². The second-order valence-electron chi connectivity index (χ2n) is 3.07. The maximum absolute atomic E-state index is 4.17. The molecule has 0 heterocycles. The third kappa shape index (κ3) is 4.36. The van der Waals surface area contributed by atoms with Crippen LogP contribution in [-0.4, -0.2) is 0 Å². The van der Waals surface area contributed by atoms with E-state index in [-0.39, 0.29) is 0 Å². The van der Waals surface area contributed by atoms with Crippen molar-refractivity contribution in [2.45, 2.75) is 20.3 Å². The average Bonchev–Trinajstić information content (AvgIpc) is 2.28. The van der Waals surface area contributed by atoms with Crippen LogP contribution in [0.2, 0.25) is 0 Å². The van der Waals surface area contributed by atoms with Crippen LogP contribution in [0.15, 0.2) is 64.5 Å². The molecule has 1 rings (SSSR count). The van der Waals surface area contributed by atoms with Crippen LogP contribution in [0.25, 0.3) is 0 Å². The first-order valence-corrected chi connectivity index (χ1v) is 5.16. The molecule has 15 heavy (non-hydrogen) atoms. The van der Waals surface area contributed by atoms with Gasteiger partial charge in [0.05, 0.1) is 11.4 Å². The van der Waals surface area contributed by atoms with Crippen molar-refractivity contribution < 1.29 is 0 Å². The highest BCUT2D eigenvalue weighted by Gasteiger charge is 1.88. The maximum Gasteiger partial charge on any atom is 0.0857 e. The van der Waals surface area contributed by atoms with E-state index in [1.165, 1.54) is 0 Å². The second kappa shape index (κ2) is 6.71. The van der Waals surface area contributed by atoms with E-state index in [1.807, 2.05) is 55.5 Å². The Kier molecular flexibility index (Phi) is 5.09. The SMILES string of the molecule is C\C=C/C(=C\CC)/N=N/c1ccccc1. The molecule has 0 saturated heterocycles. The van der Waals surface area contributed by atoms with Gasteiger partial charge >= 0.3 is 0 Å². The van der Waals surface area contributed by atoms with Crippen LogP contribution in [0.3, 0.4) is 0 Å². The summed E-state index contributed by atoms with van der Waals surface area (Å²) in [4.78, 5) is 0. The molecule has 0 saturated carbocycles. The maximum atomic E-state index is 4.17. The molecule has 0 amide bonds. The summed E-state index contributed by atoms with van der Waals surface area (Å²) in [6.45, 7) is 4.06. The molecule has 0 fully saturated rings. The Labute approximate surface area is 91.1 Å². The summed E-state index contributed by atoms with van der Waals surface area (Å²) in [6.07, 6.45) is 6.93. The molecule has 0 aromatic heterocycles. The van der Waals surface area contributed by atoms with Crippen LogP contribution in [0.5, 0.6) is 0 Å². The van der Waals surface area contributed by atoms with Gasteiger partial charge < -0.3 is 0 Å². The normalized spacial score (nSPS) is 12.8. The predicted octanol–water partition coefficient (Wildman–Crippen LogP) is 4.64. The van der Waals surface area contributed by atoms with E-state index in [9.17, 15) is 0 Å². The number of rotatable bonds is 4. The standard InChI is InChI=1S/C13H16N2/c1-3-8-12(9-4-2)14-15-13-10-6-5-7-11-13/h3,5-11H,4H2,1-2H3/b8-3-,12-9+,15-14+. The molecule has 0 aliphatic rings. The molecule has 0 radical (unpaired) electrons. The molecular formula is C13H16N2. The summed E-state index contributed by atoms with van der Waals surface area (Å²) in [7, 11) is 0. The lowest BCUT2D eigenvalue weighted by atomic mass is 10.3. The quantitative estimate of drug-likeness (QED) is 0.499. The van der Waals surface area contributed by atoms with Gasteiger partial charge in [-0.05, 0) is 31.6 Å². The van der Waals surface area contributed by atoms with Gasteiger partial charge in [-0.3, -0.25) is 0 Å². The van der Waals surface area contributed by atoms with Crippen molar-refractivity contribution in [1.82, 2.24) is 0 Å². The monoisotopic (exact) mass is 200 g/mol. The molecule has 0 spiro atoms. The molecule has 0 aliphatic carbocycles. The molecule has 1 aromatic carbocycles. The van der Waals surface area contributed by atoms with Crippen LogP contribution < -0.4 is 0 Å². The Morgan fingerprint density at radius 1 is 1.27 bits per heavy atom. The Morgan fingerprint density at radius 2 is 2.00 bits per heavy atom. The lowest BCUT2D eigenvalue weighted by molar-refractivity contribution is 1.12. The minimum atomic E-state index is 0.879. The van der Waals surface area contributed by atoms with Crippen molar-refractivity contribution in [3.05, 3.63) is 54.3 Å². The van der Waals surface area contributed by atoms with Crippen molar-refractivity contribution in [3.63, 3.8) is 0 Å². The zero-order valence-electron chi connectivity index (χ0n) is 9.22. The fourth-order valence-corrected chi connectivity index (χ4v) is 1.13. The lowest BCUT2D eigenvalue weighted by Gasteiger charge is -1.92. The van der Waals surface area contributed by atoms with Crippen molar-refractivity contribution in [1.29, 1.82) is 0 Å². The van der Waals surface area contributed by atoms with Crippen LogP contribution >= 0.6 is 0 Å². The van der Waals surface area contributed by atoms with Crippen LogP contribution in [0.4, 0.5) is 5.69 Å². The van der Waals surface area contributed by atoms with Gasteiger partial charge in [0.25, 0.3) is 0 Å². The molecule has 0 N–H and O–H groups in total. The minimum absolute atomic E-state index is 0.879. The first-order valence-electron chi connectivity index (χ1n) is 5.16. The van der Waals surface area contributed by atoms with Gasteiger partial charge in [-0.1, -0.05) is 37.3 Å². The number of allylic oxidation sites excluding steroid dienone is 3. The first kappa shape index (κ1) is 11.4. The van der Waals surface area contributed by atoms with Gasteiger partial charge in [0, 0.05) is 0 Å². The van der Waals surface area contributed by atoms with Gasteiger partial charge in [0.15, 0.2) is 0 Å². The molecule has 0 atom stereocenters. The summed E-state index contributed by atoms with van der Waals surface area (Å²) < 4.78 is 0. The topological polar surface area (TPSA) is 24.7 Å². The molecule has 78 valence electrons. The highest BCUT2D eigenvalue weighted by molar-refractivity contribution is 5.35. The highest BCUT2D eigenvalue weighted by atomic mass is 15.1. The van der Waals surface area contributed by atoms with E-state index in [0.717, 1.165) is 17.8 Å². The fraction of sp³-hybridized carbons (Fsp3) is 0.231. The Balaban J connectivity index is 2.75. The third-order valence-corrected chi connectivity index (χ3v) is 1.79. The highest BCUT2D eigenvalue weighted by Crippen LogP contribution is 2.13. The number of hydrogen-bond donors (Lipinski definition) is 0. The third-order valence-electron chi connectivity index (χ3n) is 1.79. The summed E-state index contributed by atoms with van der Waals surface area (Å²) in [5.41, 5.74) is 1.79. The van der Waals surface area contributed by atoms with E-state index < -0.39 is 0 Å². The van der Waals surface area contributed by atoms with Crippen molar-refractivity contribution in [3.8, 4) is 0 Å². The zero-order chi connectivity index (χ0) is 10.9. The average molecular weight is 200 g/mol. The fourth-order valence-electron chi connectivity index (χ4n) is 1.13. The zero-order valence-corrected chi connectivity index (χ0v) is 9.22. The van der Waals surface area contributed by atoms with E-state index in [4.69, 9.17) is 0 Å². The van der Waals surface area contributed by atoms with Crippen molar-refractivity contribution in [2.24, 2.45) is 10.2 Å². The van der Waals surface area contributed by atoms with E-state index in [2.05, 4.69) is 17.2 Å². The smallest absolute Gasteiger partial charge is 0.0857 e. The predicted molar refractivity (Wildman–Crippen MR) is 64.1 cm³/mol. The second-order valence-corrected chi connectivity index (χ2v) is 3.07. The molecule has 0 aliphatic heterocycles. The number of azo groups is 1. The minimum Gasteiger partial charge on any atom is -0.151 e. The summed E-state index contributed by atoms with van der Waals surface area (Å²) in [5, 5.41) is 8.32. The summed E-state index contributed by atoms with van der Waals surface area (Å²) in [5.74, 6) is 0. The van der Waals surface area contributed by atoms with Gasteiger partial charge in [0.1, 0.15) is 0 Å². The van der Waals surface area contributed by atoms with E-state index in [1.54, 1.807) is 0 Å². The molecule has 2 heteroatoms. The Bertz CT molecular complexity index is 361. The molecule has 0 bridgehead atoms. The number of nitrogens with zero attached hydrogens (tertiary/aromatic N) is 2. The first-order chi connectivity index (χ1) is 7.36. The number of hydrogen-bond acceptors (Lipinski definition) is 2. The van der Waals surface area contributed by atoms with Gasteiger partial charge in [-0.25, -0.2) is 0 Å². The number of benzene rings is 1. The lowest BCUT2D eigenvalue weighted by Crippen LogP contribution is -1.70. The van der Waals surface area contributed by atoms with Crippen LogP contribution in [0, 0.1) is 0 Å². The van der Waals surface area contributed by atoms with E-state index >= 15 is 0 Å². The van der Waals surface area contributed by atoms with Gasteiger partial charge in [0.2, 0.25) is 0 Å². The van der Waals surface area contributed by atoms with Crippen molar-refractivity contribution in [2.75, 3.05) is 0 Å². The van der Waals surface area contributed by atoms with Crippen LogP contribution in [0.1, 0.15) is 20.3 Å². The largest absolute Gasteiger partial charge is 0.151 e.